The zero-order chi connectivity index (χ0) is 29.2. The zero-order valence-corrected chi connectivity index (χ0v) is 22.6. The van der Waals surface area contributed by atoms with Gasteiger partial charge in [-0.2, -0.15) is 39.0 Å². The molecule has 11 nitrogen and oxygen atoms in total. The Morgan fingerprint density at radius 2 is 0.955 bits per heavy atom. The number of rotatable bonds is 1. The maximum atomic E-state index is 9.49. The fourth-order valence-corrected chi connectivity index (χ4v) is 7.18. The van der Waals surface area contributed by atoms with Crippen molar-refractivity contribution >= 4 is 17.3 Å². The van der Waals surface area contributed by atoms with E-state index >= 15 is 0 Å². The second kappa shape index (κ2) is 7.76. The second-order valence-electron chi connectivity index (χ2n) is 10.8. The van der Waals surface area contributed by atoms with Gasteiger partial charge in [0.05, 0.1) is 5.41 Å². The Morgan fingerprint density at radius 1 is 0.500 bits per heavy atom. The maximum Gasteiger partial charge on any atom is 0.261 e. The van der Waals surface area contributed by atoms with E-state index in [1.165, 1.54) is 46.9 Å². The van der Waals surface area contributed by atoms with Crippen LogP contribution < -0.4 is 0 Å². The lowest BCUT2D eigenvalue weighted by molar-refractivity contribution is 0.793. The summed E-state index contributed by atoms with van der Waals surface area (Å²) in [4.78, 5) is 13.5. The van der Waals surface area contributed by atoms with Crippen molar-refractivity contribution in [3.8, 4) is 45.8 Å². The van der Waals surface area contributed by atoms with Crippen LogP contribution in [-0.2, 0) is 5.41 Å². The average Bonchev–Trinajstić information content (AvgIpc) is 3.89. The standard InChI is InChI=1S/C33H15N11/c34-16-27-36-30-42-31(37-28(17-35)39-42)44-32(43(30)40-27)38-29(41-44)18-13-14-22-21-9-3-6-12-25(21)33(26(22)15-18)23-10-4-1-7-19(23)20-8-2-5-11-24(20)33/h1-15H. The summed E-state index contributed by atoms with van der Waals surface area (Å²) in [5.41, 5.74) is 10.0. The Bertz CT molecular complexity index is 2510. The van der Waals surface area contributed by atoms with Gasteiger partial charge in [-0.3, -0.25) is 0 Å². The molecule has 0 saturated carbocycles. The van der Waals surface area contributed by atoms with Gasteiger partial charge < -0.3 is 0 Å². The van der Waals surface area contributed by atoms with Crippen LogP contribution >= 0.6 is 0 Å². The molecule has 4 aromatic heterocycles. The molecule has 10 rings (SSSR count). The molecular weight excluding hydrogens is 550 g/mol. The Balaban J connectivity index is 1.28. The van der Waals surface area contributed by atoms with Gasteiger partial charge in [0.25, 0.3) is 29.0 Å². The van der Waals surface area contributed by atoms with Crippen LogP contribution in [0.25, 0.3) is 51.0 Å². The molecule has 202 valence electrons. The zero-order valence-electron chi connectivity index (χ0n) is 22.6. The summed E-state index contributed by atoms with van der Waals surface area (Å²) >= 11 is 0. The molecule has 0 unspecified atom stereocenters. The predicted molar refractivity (Wildman–Crippen MR) is 157 cm³/mol. The molecule has 0 aliphatic heterocycles. The summed E-state index contributed by atoms with van der Waals surface area (Å²) in [6.07, 6.45) is 0. The Morgan fingerprint density at radius 3 is 1.48 bits per heavy atom. The van der Waals surface area contributed by atoms with Gasteiger partial charge >= 0.3 is 0 Å². The molecule has 0 bridgehead atoms. The normalized spacial score (nSPS) is 13.6. The lowest BCUT2D eigenvalue weighted by atomic mass is 9.70. The van der Waals surface area contributed by atoms with E-state index in [1.807, 2.05) is 18.2 Å². The predicted octanol–water partition coefficient (Wildman–Crippen LogP) is 4.57. The minimum atomic E-state index is -0.503. The molecule has 0 fully saturated rings. The summed E-state index contributed by atoms with van der Waals surface area (Å²) in [5.74, 6) is 1.05. The first-order valence-electron chi connectivity index (χ1n) is 13.9. The molecule has 0 radical (unpaired) electrons. The molecule has 4 aromatic carbocycles. The Hall–Kier alpha value is -6.72. The third-order valence-corrected chi connectivity index (χ3v) is 8.79. The highest BCUT2D eigenvalue weighted by atomic mass is 15.5. The molecule has 2 aliphatic rings. The molecule has 4 heterocycles. The second-order valence-corrected chi connectivity index (χ2v) is 10.8. The highest BCUT2D eigenvalue weighted by Gasteiger charge is 2.51. The van der Waals surface area contributed by atoms with Crippen molar-refractivity contribution in [3.05, 3.63) is 125 Å². The minimum Gasteiger partial charge on any atom is -0.189 e. The maximum absolute atomic E-state index is 9.49. The summed E-state index contributed by atoms with van der Waals surface area (Å²) < 4.78 is 4.22. The third-order valence-electron chi connectivity index (χ3n) is 8.79. The third kappa shape index (κ3) is 2.56. The van der Waals surface area contributed by atoms with E-state index in [0.717, 1.165) is 16.7 Å². The number of hydrogen-bond donors (Lipinski definition) is 0. The Labute approximate surface area is 247 Å². The first-order chi connectivity index (χ1) is 21.7. The van der Waals surface area contributed by atoms with Crippen molar-refractivity contribution in [1.29, 1.82) is 10.5 Å². The summed E-state index contributed by atoms with van der Waals surface area (Å²) in [5, 5.41) is 32.3. The highest BCUT2D eigenvalue weighted by molar-refractivity contribution is 5.95. The van der Waals surface area contributed by atoms with E-state index in [9.17, 15) is 10.5 Å². The summed E-state index contributed by atoms with van der Waals surface area (Å²) in [7, 11) is 0. The van der Waals surface area contributed by atoms with Crippen LogP contribution in [0.2, 0.25) is 0 Å². The topological polar surface area (TPSA) is 138 Å². The van der Waals surface area contributed by atoms with Gasteiger partial charge in [0.1, 0.15) is 12.1 Å². The van der Waals surface area contributed by atoms with E-state index in [2.05, 4.69) is 105 Å². The van der Waals surface area contributed by atoms with E-state index in [-0.39, 0.29) is 23.2 Å². The van der Waals surface area contributed by atoms with Crippen LogP contribution in [0.5, 0.6) is 0 Å². The highest BCUT2D eigenvalue weighted by Crippen LogP contribution is 2.62. The van der Waals surface area contributed by atoms with E-state index in [0.29, 0.717) is 11.6 Å². The van der Waals surface area contributed by atoms with Crippen molar-refractivity contribution in [2.45, 2.75) is 5.41 Å². The number of aromatic nitrogens is 9. The number of nitrogens with zero attached hydrogens (tertiary/aromatic N) is 11. The number of fused-ring (bicyclic) bond motifs is 16. The smallest absolute Gasteiger partial charge is 0.189 e. The minimum absolute atomic E-state index is 0.0613. The van der Waals surface area contributed by atoms with E-state index in [4.69, 9.17) is 10.1 Å². The van der Waals surface area contributed by atoms with Crippen molar-refractivity contribution in [2.75, 3.05) is 0 Å². The van der Waals surface area contributed by atoms with Crippen LogP contribution in [0.3, 0.4) is 0 Å². The summed E-state index contributed by atoms with van der Waals surface area (Å²) in [6.45, 7) is 0. The average molecular weight is 566 g/mol. The Kier molecular flexibility index (Phi) is 4.04. The monoisotopic (exact) mass is 565 g/mol. The number of hydrogen-bond acceptors (Lipinski definition) is 8. The van der Waals surface area contributed by atoms with Crippen LogP contribution in [0, 0.1) is 22.7 Å². The molecule has 8 aromatic rings. The molecule has 11 heteroatoms. The molecule has 0 saturated heterocycles. The molecule has 0 atom stereocenters. The first kappa shape index (κ1) is 22.9. The molecule has 1 spiro atoms. The summed E-state index contributed by atoms with van der Waals surface area (Å²) in [6, 6.07) is 36.2. The van der Waals surface area contributed by atoms with Crippen molar-refractivity contribution in [3.63, 3.8) is 0 Å². The van der Waals surface area contributed by atoms with Crippen LogP contribution in [0.4, 0.5) is 0 Å². The van der Waals surface area contributed by atoms with Crippen LogP contribution in [-0.4, -0.2) is 43.8 Å². The molecule has 0 amide bonds. The van der Waals surface area contributed by atoms with Gasteiger partial charge in [0.2, 0.25) is 0 Å². The van der Waals surface area contributed by atoms with Gasteiger partial charge in [-0.25, -0.2) is 0 Å². The quantitative estimate of drug-likeness (QED) is 0.282. The SMILES string of the molecule is N#Cc1nc2n(n1)c1nc(C#N)nn1c1nc(-c3ccc4c(c3)C3(c5ccccc5-c5ccccc53)c3ccccc3-4)nn21. The van der Waals surface area contributed by atoms with Crippen molar-refractivity contribution < 1.29 is 0 Å². The van der Waals surface area contributed by atoms with Gasteiger partial charge in [0.15, 0.2) is 5.82 Å². The molecular formula is C33H15N11. The number of nitriles is 2. The van der Waals surface area contributed by atoms with Gasteiger partial charge in [-0.15, -0.1) is 15.3 Å². The van der Waals surface area contributed by atoms with Gasteiger partial charge in [-0.1, -0.05) is 84.9 Å². The van der Waals surface area contributed by atoms with Crippen molar-refractivity contribution in [1.82, 2.24) is 43.8 Å². The van der Waals surface area contributed by atoms with Crippen molar-refractivity contribution in [2.24, 2.45) is 0 Å². The number of benzene rings is 4. The first-order valence-corrected chi connectivity index (χ1v) is 13.9. The van der Waals surface area contributed by atoms with Gasteiger partial charge in [0, 0.05) is 5.56 Å². The largest absolute Gasteiger partial charge is 0.261 e. The lowest BCUT2D eigenvalue weighted by Gasteiger charge is -2.30. The van der Waals surface area contributed by atoms with Crippen LogP contribution in [0.15, 0.2) is 91.0 Å². The van der Waals surface area contributed by atoms with Crippen LogP contribution in [0.1, 0.15) is 33.9 Å². The molecule has 0 N–H and O–H groups in total. The molecule has 44 heavy (non-hydrogen) atoms. The van der Waals surface area contributed by atoms with E-state index < -0.39 is 5.41 Å². The van der Waals surface area contributed by atoms with Gasteiger partial charge in [-0.05, 0) is 50.6 Å². The fourth-order valence-electron chi connectivity index (χ4n) is 7.18. The molecule has 2 aliphatic carbocycles. The fraction of sp³-hybridized carbons (Fsp3) is 0.0303. The lowest BCUT2D eigenvalue weighted by Crippen LogP contribution is -2.25. The van der Waals surface area contributed by atoms with E-state index in [1.54, 1.807) is 0 Å².